The molecule has 0 spiro atoms. The van der Waals surface area contributed by atoms with E-state index in [1.165, 1.54) is 5.52 Å². The molecule has 3 rings (SSSR count). The van der Waals surface area contributed by atoms with E-state index in [9.17, 15) is 0 Å². The van der Waals surface area contributed by atoms with Gasteiger partial charge in [-0.25, -0.2) is 0 Å². The molecular weight excluding hydrogens is 248 g/mol. The zero-order chi connectivity index (χ0) is 12.5. The molecule has 5 heteroatoms. The van der Waals surface area contributed by atoms with Gasteiger partial charge >= 0.3 is 0 Å². The van der Waals surface area contributed by atoms with Crippen LogP contribution in [0.3, 0.4) is 0 Å². The van der Waals surface area contributed by atoms with Crippen LogP contribution in [0.5, 0.6) is 0 Å². The standard InChI is InChI=1S/C13H13ClN4/c14-11-1-2-13-10(7-11)3-4-17(13)5-6-18-9-12(15)8-16-18/h1-4,7-9H,5-6,15H2. The molecule has 0 amide bonds. The molecule has 3 aromatic rings. The summed E-state index contributed by atoms with van der Waals surface area (Å²) in [5.41, 5.74) is 7.50. The summed E-state index contributed by atoms with van der Waals surface area (Å²) >= 11 is 5.97. The summed E-state index contributed by atoms with van der Waals surface area (Å²) in [4.78, 5) is 0. The summed E-state index contributed by atoms with van der Waals surface area (Å²) in [6.07, 6.45) is 5.56. The number of hydrogen-bond acceptors (Lipinski definition) is 2. The predicted molar refractivity (Wildman–Crippen MR) is 73.6 cm³/mol. The third-order valence-corrected chi connectivity index (χ3v) is 3.19. The van der Waals surface area contributed by atoms with Crippen LogP contribution in [0.25, 0.3) is 10.9 Å². The summed E-state index contributed by atoms with van der Waals surface area (Å²) < 4.78 is 4.03. The number of nitrogens with zero attached hydrogens (tertiary/aromatic N) is 3. The van der Waals surface area contributed by atoms with Crippen molar-refractivity contribution in [1.29, 1.82) is 0 Å². The molecule has 4 nitrogen and oxygen atoms in total. The van der Waals surface area contributed by atoms with Crippen LogP contribution < -0.4 is 5.73 Å². The molecule has 0 fully saturated rings. The molecule has 1 aromatic carbocycles. The van der Waals surface area contributed by atoms with E-state index in [-0.39, 0.29) is 0 Å². The molecule has 92 valence electrons. The Morgan fingerprint density at radius 2 is 2.11 bits per heavy atom. The highest BCUT2D eigenvalue weighted by Crippen LogP contribution is 2.20. The molecule has 0 saturated heterocycles. The Hall–Kier alpha value is -1.94. The molecule has 0 saturated carbocycles. The minimum absolute atomic E-state index is 0.694. The van der Waals surface area contributed by atoms with Crippen molar-refractivity contribution in [3.8, 4) is 0 Å². The SMILES string of the molecule is Nc1cnn(CCn2ccc3cc(Cl)ccc32)c1. The molecule has 2 heterocycles. The number of anilines is 1. The lowest BCUT2D eigenvalue weighted by Gasteiger charge is -2.05. The fourth-order valence-corrected chi connectivity index (χ4v) is 2.26. The summed E-state index contributed by atoms with van der Waals surface area (Å²) in [6, 6.07) is 7.99. The summed E-state index contributed by atoms with van der Waals surface area (Å²) in [7, 11) is 0. The van der Waals surface area contributed by atoms with Gasteiger partial charge in [0.25, 0.3) is 0 Å². The number of fused-ring (bicyclic) bond motifs is 1. The van der Waals surface area contributed by atoms with E-state index in [4.69, 9.17) is 17.3 Å². The molecule has 0 atom stereocenters. The lowest BCUT2D eigenvalue weighted by Crippen LogP contribution is -2.06. The number of halogens is 1. The monoisotopic (exact) mass is 260 g/mol. The molecule has 2 N–H and O–H groups in total. The number of hydrogen-bond donors (Lipinski definition) is 1. The van der Waals surface area contributed by atoms with Crippen molar-refractivity contribution in [3.63, 3.8) is 0 Å². The van der Waals surface area contributed by atoms with E-state index in [2.05, 4.69) is 21.9 Å². The second-order valence-corrected chi connectivity index (χ2v) is 4.69. The fourth-order valence-electron chi connectivity index (χ4n) is 2.08. The van der Waals surface area contributed by atoms with Gasteiger partial charge in [0, 0.05) is 34.9 Å². The predicted octanol–water partition coefficient (Wildman–Crippen LogP) is 2.77. The maximum absolute atomic E-state index is 5.97. The van der Waals surface area contributed by atoms with Crippen LogP contribution in [0.1, 0.15) is 0 Å². The highest BCUT2D eigenvalue weighted by atomic mass is 35.5. The Morgan fingerprint density at radius 3 is 2.89 bits per heavy atom. The number of nitrogen functional groups attached to an aromatic ring is 1. The number of aryl methyl sites for hydroxylation is 2. The number of aromatic nitrogens is 3. The molecule has 0 aliphatic carbocycles. The largest absolute Gasteiger partial charge is 0.396 e. The average molecular weight is 261 g/mol. The van der Waals surface area contributed by atoms with Crippen molar-refractivity contribution in [2.45, 2.75) is 13.1 Å². The van der Waals surface area contributed by atoms with Gasteiger partial charge in [-0.3, -0.25) is 4.68 Å². The first-order chi connectivity index (χ1) is 8.72. The minimum atomic E-state index is 0.694. The lowest BCUT2D eigenvalue weighted by molar-refractivity contribution is 0.543. The van der Waals surface area contributed by atoms with Gasteiger partial charge in [0.1, 0.15) is 0 Å². The Bertz CT molecular complexity index is 683. The smallest absolute Gasteiger partial charge is 0.0719 e. The van der Waals surface area contributed by atoms with Crippen LogP contribution in [-0.2, 0) is 13.1 Å². The molecule has 0 radical (unpaired) electrons. The molecular formula is C13H13ClN4. The maximum atomic E-state index is 5.97. The topological polar surface area (TPSA) is 48.8 Å². The van der Waals surface area contributed by atoms with Crippen LogP contribution in [0, 0.1) is 0 Å². The van der Waals surface area contributed by atoms with Crippen molar-refractivity contribution in [1.82, 2.24) is 14.3 Å². The second kappa shape index (κ2) is 4.38. The highest BCUT2D eigenvalue weighted by Gasteiger charge is 2.02. The van der Waals surface area contributed by atoms with E-state index in [0.29, 0.717) is 5.69 Å². The molecule has 0 bridgehead atoms. The molecule has 0 aliphatic heterocycles. The van der Waals surface area contributed by atoms with Crippen molar-refractivity contribution in [2.75, 3.05) is 5.73 Å². The summed E-state index contributed by atoms with van der Waals surface area (Å²) in [5, 5.41) is 6.09. The van der Waals surface area contributed by atoms with Gasteiger partial charge in [-0.2, -0.15) is 5.10 Å². The van der Waals surface area contributed by atoms with Gasteiger partial charge < -0.3 is 10.3 Å². The van der Waals surface area contributed by atoms with Crippen LogP contribution in [-0.4, -0.2) is 14.3 Å². The third kappa shape index (κ3) is 2.07. The molecule has 0 aliphatic rings. The van der Waals surface area contributed by atoms with E-state index in [0.717, 1.165) is 23.5 Å². The van der Waals surface area contributed by atoms with Crippen molar-refractivity contribution in [3.05, 3.63) is 47.9 Å². The summed E-state index contributed by atoms with van der Waals surface area (Å²) in [5.74, 6) is 0. The first-order valence-electron chi connectivity index (χ1n) is 5.75. The van der Waals surface area contributed by atoms with Gasteiger partial charge in [0.2, 0.25) is 0 Å². The van der Waals surface area contributed by atoms with Crippen LogP contribution >= 0.6 is 11.6 Å². The fraction of sp³-hybridized carbons (Fsp3) is 0.154. The normalized spacial score (nSPS) is 11.2. The Kier molecular flexibility index (Phi) is 2.72. The minimum Gasteiger partial charge on any atom is -0.396 e. The molecule has 18 heavy (non-hydrogen) atoms. The quantitative estimate of drug-likeness (QED) is 0.787. The molecule has 0 unspecified atom stereocenters. The van der Waals surface area contributed by atoms with E-state index < -0.39 is 0 Å². The first-order valence-corrected chi connectivity index (χ1v) is 6.12. The molecule has 2 aromatic heterocycles. The number of rotatable bonds is 3. The van der Waals surface area contributed by atoms with E-state index in [1.807, 2.05) is 29.1 Å². The Morgan fingerprint density at radius 1 is 1.22 bits per heavy atom. The van der Waals surface area contributed by atoms with Gasteiger partial charge in [0.15, 0.2) is 0 Å². The Balaban J connectivity index is 1.82. The summed E-state index contributed by atoms with van der Waals surface area (Å²) in [6.45, 7) is 1.65. The van der Waals surface area contributed by atoms with E-state index >= 15 is 0 Å². The van der Waals surface area contributed by atoms with Crippen LogP contribution in [0.2, 0.25) is 5.02 Å². The average Bonchev–Trinajstić information content (AvgIpc) is 2.92. The van der Waals surface area contributed by atoms with Crippen LogP contribution in [0.4, 0.5) is 5.69 Å². The maximum Gasteiger partial charge on any atom is 0.0719 e. The lowest BCUT2D eigenvalue weighted by atomic mass is 10.2. The third-order valence-electron chi connectivity index (χ3n) is 2.96. The van der Waals surface area contributed by atoms with E-state index in [1.54, 1.807) is 6.20 Å². The zero-order valence-corrected chi connectivity index (χ0v) is 10.5. The van der Waals surface area contributed by atoms with Crippen LogP contribution in [0.15, 0.2) is 42.9 Å². The van der Waals surface area contributed by atoms with Gasteiger partial charge in [-0.1, -0.05) is 11.6 Å². The van der Waals surface area contributed by atoms with Crippen molar-refractivity contribution in [2.24, 2.45) is 0 Å². The number of benzene rings is 1. The van der Waals surface area contributed by atoms with Gasteiger partial charge in [0.05, 0.1) is 18.4 Å². The van der Waals surface area contributed by atoms with Gasteiger partial charge in [-0.15, -0.1) is 0 Å². The van der Waals surface area contributed by atoms with Crippen molar-refractivity contribution >= 4 is 28.2 Å². The van der Waals surface area contributed by atoms with Gasteiger partial charge in [-0.05, 0) is 24.3 Å². The highest BCUT2D eigenvalue weighted by molar-refractivity contribution is 6.31. The first kappa shape index (κ1) is 11.2. The number of nitrogens with two attached hydrogens (primary N) is 1. The second-order valence-electron chi connectivity index (χ2n) is 4.25. The zero-order valence-electron chi connectivity index (χ0n) is 9.75. The Labute approximate surface area is 110 Å². The van der Waals surface area contributed by atoms with Crippen molar-refractivity contribution < 1.29 is 0 Å².